The van der Waals surface area contributed by atoms with E-state index < -0.39 is 31.3 Å². The van der Waals surface area contributed by atoms with Crippen LogP contribution in [-0.2, 0) is 4.79 Å². The van der Waals surface area contributed by atoms with E-state index in [9.17, 15) is 4.79 Å². The standard InChI is InChI=1S/C13H15Cl2NO4/c14-10-3-1-9(11(15)5-10)2-4-12(20)16-13(6-17,7-18)8-19/h1-5,17-19H,6-8H2,(H,16,20)/b4-2+. The maximum Gasteiger partial charge on any atom is 0.244 e. The van der Waals surface area contributed by atoms with Crippen LogP contribution in [0.2, 0.25) is 10.0 Å². The first-order valence-electron chi connectivity index (χ1n) is 5.74. The van der Waals surface area contributed by atoms with E-state index in [-0.39, 0.29) is 0 Å². The fourth-order valence-corrected chi connectivity index (χ4v) is 1.85. The Bertz CT molecular complexity index is 493. The SMILES string of the molecule is O=C(/C=C/c1ccc(Cl)cc1Cl)NC(CO)(CO)CO. The quantitative estimate of drug-likeness (QED) is 0.585. The average molecular weight is 320 g/mol. The monoisotopic (exact) mass is 319 g/mol. The molecular weight excluding hydrogens is 305 g/mol. The lowest BCUT2D eigenvalue weighted by molar-refractivity contribution is -0.120. The van der Waals surface area contributed by atoms with E-state index in [1.165, 1.54) is 12.2 Å². The molecule has 7 heteroatoms. The van der Waals surface area contributed by atoms with Gasteiger partial charge in [0.25, 0.3) is 0 Å². The van der Waals surface area contributed by atoms with Gasteiger partial charge in [0, 0.05) is 16.1 Å². The van der Waals surface area contributed by atoms with E-state index in [2.05, 4.69) is 5.32 Å². The van der Waals surface area contributed by atoms with Gasteiger partial charge in [-0.15, -0.1) is 0 Å². The summed E-state index contributed by atoms with van der Waals surface area (Å²) in [6.45, 7) is -1.75. The summed E-state index contributed by atoms with van der Waals surface area (Å²) in [5.74, 6) is -0.576. The molecule has 0 aliphatic rings. The summed E-state index contributed by atoms with van der Waals surface area (Å²) in [5.41, 5.74) is -0.862. The van der Waals surface area contributed by atoms with Gasteiger partial charge in [-0.2, -0.15) is 0 Å². The fraction of sp³-hybridized carbons (Fsp3) is 0.308. The van der Waals surface area contributed by atoms with Crippen molar-refractivity contribution in [2.24, 2.45) is 0 Å². The van der Waals surface area contributed by atoms with Crippen molar-refractivity contribution in [1.82, 2.24) is 5.32 Å². The minimum absolute atomic E-state index is 0.388. The summed E-state index contributed by atoms with van der Waals surface area (Å²) in [7, 11) is 0. The van der Waals surface area contributed by atoms with E-state index in [0.717, 1.165) is 0 Å². The molecule has 0 saturated carbocycles. The largest absolute Gasteiger partial charge is 0.394 e. The highest BCUT2D eigenvalue weighted by molar-refractivity contribution is 6.35. The molecule has 0 spiro atoms. The molecule has 0 bridgehead atoms. The highest BCUT2D eigenvalue weighted by Gasteiger charge is 2.29. The summed E-state index contributed by atoms with van der Waals surface area (Å²) in [6, 6.07) is 4.82. The Morgan fingerprint density at radius 1 is 1.20 bits per heavy atom. The Kier molecular flexibility index (Phi) is 6.45. The number of amides is 1. The minimum Gasteiger partial charge on any atom is -0.394 e. The average Bonchev–Trinajstić information content (AvgIpc) is 2.44. The molecular formula is C13H15Cl2NO4. The molecule has 0 unspecified atom stereocenters. The number of carbonyl (C=O) groups excluding carboxylic acids is 1. The zero-order valence-corrected chi connectivity index (χ0v) is 12.0. The molecule has 0 aromatic heterocycles. The van der Waals surface area contributed by atoms with Crippen molar-refractivity contribution in [1.29, 1.82) is 0 Å². The van der Waals surface area contributed by atoms with E-state index in [1.807, 2.05) is 0 Å². The second-order valence-corrected chi connectivity index (χ2v) is 5.09. The van der Waals surface area contributed by atoms with Gasteiger partial charge in [0.05, 0.1) is 19.8 Å². The molecule has 1 amide bonds. The second kappa shape index (κ2) is 7.61. The van der Waals surface area contributed by atoms with E-state index in [1.54, 1.807) is 18.2 Å². The van der Waals surface area contributed by atoms with Gasteiger partial charge in [0.2, 0.25) is 5.91 Å². The smallest absolute Gasteiger partial charge is 0.244 e. The van der Waals surface area contributed by atoms with Gasteiger partial charge in [-0.05, 0) is 23.8 Å². The first-order valence-corrected chi connectivity index (χ1v) is 6.50. The minimum atomic E-state index is -1.45. The first-order chi connectivity index (χ1) is 9.46. The molecule has 110 valence electrons. The number of nitrogens with one attached hydrogen (secondary N) is 1. The topological polar surface area (TPSA) is 89.8 Å². The van der Waals surface area contributed by atoms with Crippen molar-refractivity contribution in [3.63, 3.8) is 0 Å². The number of carbonyl (C=O) groups is 1. The van der Waals surface area contributed by atoms with Gasteiger partial charge in [-0.3, -0.25) is 4.79 Å². The third-order valence-corrected chi connectivity index (χ3v) is 3.24. The van der Waals surface area contributed by atoms with Crippen LogP contribution in [0.25, 0.3) is 6.08 Å². The van der Waals surface area contributed by atoms with Crippen LogP contribution in [0, 0.1) is 0 Å². The third-order valence-electron chi connectivity index (χ3n) is 2.67. The van der Waals surface area contributed by atoms with Crippen LogP contribution in [0.1, 0.15) is 5.56 Å². The molecule has 0 aliphatic carbocycles. The molecule has 20 heavy (non-hydrogen) atoms. The molecule has 0 heterocycles. The van der Waals surface area contributed by atoms with Crippen LogP contribution in [0.5, 0.6) is 0 Å². The summed E-state index contributed by atoms with van der Waals surface area (Å²) < 4.78 is 0. The number of aliphatic hydroxyl groups is 3. The van der Waals surface area contributed by atoms with E-state index in [4.69, 9.17) is 38.5 Å². The predicted octanol–water partition coefficient (Wildman–Crippen LogP) is 0.838. The highest BCUT2D eigenvalue weighted by atomic mass is 35.5. The zero-order chi connectivity index (χ0) is 15.2. The van der Waals surface area contributed by atoms with Crippen LogP contribution in [-0.4, -0.2) is 46.6 Å². The number of rotatable bonds is 6. The summed E-state index contributed by atoms with van der Waals surface area (Å²) in [5, 5.41) is 30.5. The van der Waals surface area contributed by atoms with Crippen molar-refractivity contribution in [3.05, 3.63) is 39.9 Å². The van der Waals surface area contributed by atoms with Crippen LogP contribution in [0.15, 0.2) is 24.3 Å². The molecule has 0 saturated heterocycles. The Morgan fingerprint density at radius 3 is 2.30 bits per heavy atom. The lowest BCUT2D eigenvalue weighted by atomic mass is 10.0. The number of halogens is 2. The highest BCUT2D eigenvalue weighted by Crippen LogP contribution is 2.21. The van der Waals surface area contributed by atoms with Crippen molar-refractivity contribution in [2.45, 2.75) is 5.54 Å². The summed E-state index contributed by atoms with van der Waals surface area (Å²) >= 11 is 11.7. The molecule has 0 aliphatic heterocycles. The zero-order valence-electron chi connectivity index (χ0n) is 10.5. The normalized spacial score (nSPS) is 11.8. The summed E-state index contributed by atoms with van der Waals surface area (Å²) in [4.78, 5) is 11.7. The predicted molar refractivity (Wildman–Crippen MR) is 77.6 cm³/mol. The van der Waals surface area contributed by atoms with Crippen molar-refractivity contribution >= 4 is 35.2 Å². The number of hydrogen-bond donors (Lipinski definition) is 4. The maximum atomic E-state index is 11.7. The van der Waals surface area contributed by atoms with Crippen LogP contribution in [0.4, 0.5) is 0 Å². The van der Waals surface area contributed by atoms with Gasteiger partial charge in [0.1, 0.15) is 5.54 Å². The second-order valence-electron chi connectivity index (χ2n) is 4.24. The fourth-order valence-electron chi connectivity index (χ4n) is 1.37. The molecule has 1 rings (SSSR count). The number of hydrogen-bond acceptors (Lipinski definition) is 4. The number of benzene rings is 1. The number of aliphatic hydroxyl groups excluding tert-OH is 3. The Balaban J connectivity index is 2.77. The van der Waals surface area contributed by atoms with Gasteiger partial charge in [-0.25, -0.2) is 0 Å². The molecule has 5 nitrogen and oxygen atoms in total. The maximum absolute atomic E-state index is 11.7. The van der Waals surface area contributed by atoms with Gasteiger partial charge >= 0.3 is 0 Å². The van der Waals surface area contributed by atoms with Crippen LogP contribution < -0.4 is 5.32 Å². The third kappa shape index (κ3) is 4.47. The molecule has 4 N–H and O–H groups in total. The van der Waals surface area contributed by atoms with Crippen molar-refractivity contribution < 1.29 is 20.1 Å². The first kappa shape index (κ1) is 16.9. The van der Waals surface area contributed by atoms with Gasteiger partial charge in [-0.1, -0.05) is 29.3 Å². The Labute approximate surface area is 126 Å². The van der Waals surface area contributed by atoms with E-state index in [0.29, 0.717) is 15.6 Å². The van der Waals surface area contributed by atoms with Crippen molar-refractivity contribution in [2.75, 3.05) is 19.8 Å². The van der Waals surface area contributed by atoms with Crippen molar-refractivity contribution in [3.8, 4) is 0 Å². The summed E-state index contributed by atoms with van der Waals surface area (Å²) in [6.07, 6.45) is 2.65. The van der Waals surface area contributed by atoms with Crippen LogP contribution >= 0.6 is 23.2 Å². The lowest BCUT2D eigenvalue weighted by Crippen LogP contribution is -2.56. The molecule has 0 fully saturated rings. The Hall–Kier alpha value is -1.11. The van der Waals surface area contributed by atoms with Crippen LogP contribution in [0.3, 0.4) is 0 Å². The molecule has 1 aromatic carbocycles. The van der Waals surface area contributed by atoms with E-state index >= 15 is 0 Å². The Morgan fingerprint density at radius 2 is 1.80 bits per heavy atom. The molecule has 0 atom stereocenters. The molecule has 1 aromatic rings. The lowest BCUT2D eigenvalue weighted by Gasteiger charge is -2.27. The van der Waals surface area contributed by atoms with Gasteiger partial charge in [0.15, 0.2) is 0 Å². The molecule has 0 radical (unpaired) electrons. The van der Waals surface area contributed by atoms with Gasteiger partial charge < -0.3 is 20.6 Å².